The van der Waals surface area contributed by atoms with Crippen LogP contribution in [0.1, 0.15) is 19.3 Å². The summed E-state index contributed by atoms with van der Waals surface area (Å²) in [5, 5.41) is 3.99. The van der Waals surface area contributed by atoms with Crippen LogP contribution in [0.25, 0.3) is 0 Å². The molecule has 0 atom stereocenters. The minimum atomic E-state index is 0.601. The first-order valence-corrected chi connectivity index (χ1v) is 6.27. The third-order valence-electron chi connectivity index (χ3n) is 3.28. The van der Waals surface area contributed by atoms with Crippen molar-refractivity contribution in [3.05, 3.63) is 17.2 Å². The van der Waals surface area contributed by atoms with E-state index in [2.05, 4.69) is 5.32 Å². The fourth-order valence-corrected chi connectivity index (χ4v) is 2.19. The van der Waals surface area contributed by atoms with Crippen molar-refractivity contribution in [2.24, 2.45) is 5.92 Å². The lowest BCUT2D eigenvalue weighted by molar-refractivity contribution is 0.332. The van der Waals surface area contributed by atoms with Crippen LogP contribution in [-0.2, 0) is 0 Å². The molecule has 1 fully saturated rings. The summed E-state index contributed by atoms with van der Waals surface area (Å²) in [7, 11) is 3.25. The van der Waals surface area contributed by atoms with Gasteiger partial charge >= 0.3 is 0 Å². The molecule has 0 aliphatic heterocycles. The number of rotatable bonds is 5. The number of ether oxygens (including phenoxy) is 2. The molecule has 0 unspecified atom stereocenters. The van der Waals surface area contributed by atoms with Gasteiger partial charge in [-0.15, -0.1) is 0 Å². The highest BCUT2D eigenvalue weighted by Crippen LogP contribution is 2.36. The Bertz CT molecular complexity index is 391. The van der Waals surface area contributed by atoms with Crippen LogP contribution in [0.4, 0.5) is 5.69 Å². The molecule has 1 aromatic rings. The Morgan fingerprint density at radius 3 is 2.47 bits per heavy atom. The zero-order valence-electron chi connectivity index (χ0n) is 10.3. The zero-order valence-corrected chi connectivity index (χ0v) is 11.0. The molecular weight excluding hydrogens is 238 g/mol. The summed E-state index contributed by atoms with van der Waals surface area (Å²) >= 11 is 6.10. The summed E-state index contributed by atoms with van der Waals surface area (Å²) in [6.45, 7) is 0.985. The number of anilines is 1. The third kappa shape index (κ3) is 2.78. The maximum Gasteiger partial charge on any atom is 0.145 e. The molecule has 4 heteroatoms. The molecule has 1 aliphatic carbocycles. The second-order valence-electron chi connectivity index (χ2n) is 4.36. The van der Waals surface area contributed by atoms with Gasteiger partial charge in [-0.2, -0.15) is 0 Å². The van der Waals surface area contributed by atoms with E-state index < -0.39 is 0 Å². The van der Waals surface area contributed by atoms with Gasteiger partial charge in [-0.1, -0.05) is 18.0 Å². The highest BCUT2D eigenvalue weighted by Gasteiger charge is 2.18. The van der Waals surface area contributed by atoms with Crippen LogP contribution in [0.3, 0.4) is 0 Å². The molecule has 1 aromatic carbocycles. The Balaban J connectivity index is 2.10. The fourth-order valence-electron chi connectivity index (χ4n) is 1.95. The molecule has 0 saturated heterocycles. The summed E-state index contributed by atoms with van der Waals surface area (Å²) in [4.78, 5) is 0. The summed E-state index contributed by atoms with van der Waals surface area (Å²) < 4.78 is 10.5. The number of hydrogen-bond acceptors (Lipinski definition) is 3. The number of hydrogen-bond donors (Lipinski definition) is 1. The Labute approximate surface area is 107 Å². The normalized spacial score (nSPS) is 15.2. The smallest absolute Gasteiger partial charge is 0.145 e. The number of benzene rings is 1. The van der Waals surface area contributed by atoms with Gasteiger partial charge in [0.15, 0.2) is 0 Å². The minimum Gasteiger partial charge on any atom is -0.495 e. The van der Waals surface area contributed by atoms with Gasteiger partial charge in [-0.25, -0.2) is 0 Å². The standard InChI is InChI=1S/C13H18ClNO2/c1-16-12-7-13(17-2)11(6-10(12)14)15-8-9-4-3-5-9/h6-7,9,15H,3-5,8H2,1-2H3. The monoisotopic (exact) mass is 255 g/mol. The topological polar surface area (TPSA) is 30.5 Å². The summed E-state index contributed by atoms with van der Waals surface area (Å²) in [5.74, 6) is 2.20. The first kappa shape index (κ1) is 12.4. The molecule has 0 amide bonds. The highest BCUT2D eigenvalue weighted by molar-refractivity contribution is 6.32. The van der Waals surface area contributed by atoms with Crippen molar-refractivity contribution in [2.45, 2.75) is 19.3 Å². The van der Waals surface area contributed by atoms with Gasteiger partial charge in [-0.3, -0.25) is 0 Å². The van der Waals surface area contributed by atoms with Crippen molar-refractivity contribution in [2.75, 3.05) is 26.1 Å². The lowest BCUT2D eigenvalue weighted by Gasteiger charge is -2.26. The van der Waals surface area contributed by atoms with Gasteiger partial charge in [0, 0.05) is 12.6 Å². The van der Waals surface area contributed by atoms with Crippen molar-refractivity contribution in [1.82, 2.24) is 0 Å². The Morgan fingerprint density at radius 1 is 1.24 bits per heavy atom. The quantitative estimate of drug-likeness (QED) is 0.873. The van der Waals surface area contributed by atoms with E-state index in [0.717, 1.165) is 23.9 Å². The van der Waals surface area contributed by atoms with Crippen molar-refractivity contribution in [1.29, 1.82) is 0 Å². The molecule has 1 aliphatic rings. The molecule has 0 spiro atoms. The second-order valence-corrected chi connectivity index (χ2v) is 4.77. The summed E-state index contributed by atoms with van der Waals surface area (Å²) in [6.07, 6.45) is 3.99. The maximum atomic E-state index is 6.10. The Hall–Kier alpha value is -1.09. The van der Waals surface area contributed by atoms with E-state index in [1.54, 1.807) is 14.2 Å². The maximum absolute atomic E-state index is 6.10. The Kier molecular flexibility index (Phi) is 4.00. The van der Waals surface area contributed by atoms with Gasteiger partial charge in [-0.05, 0) is 24.8 Å². The predicted octanol–water partition coefficient (Wildman–Crippen LogP) is 3.57. The number of halogens is 1. The van der Waals surface area contributed by atoms with Crippen LogP contribution in [0.2, 0.25) is 5.02 Å². The SMILES string of the molecule is COc1cc(OC)c(NCC2CCC2)cc1Cl. The molecule has 0 aromatic heterocycles. The molecule has 2 rings (SSSR count). The van der Waals surface area contributed by atoms with Gasteiger partial charge in [0.05, 0.1) is 24.9 Å². The first-order chi connectivity index (χ1) is 8.24. The van der Waals surface area contributed by atoms with Gasteiger partial charge in [0.2, 0.25) is 0 Å². The fraction of sp³-hybridized carbons (Fsp3) is 0.538. The highest BCUT2D eigenvalue weighted by atomic mass is 35.5. The van der Waals surface area contributed by atoms with Crippen LogP contribution in [-0.4, -0.2) is 20.8 Å². The Morgan fingerprint density at radius 2 is 1.94 bits per heavy atom. The molecule has 1 N–H and O–H groups in total. The first-order valence-electron chi connectivity index (χ1n) is 5.90. The third-order valence-corrected chi connectivity index (χ3v) is 3.58. The molecule has 3 nitrogen and oxygen atoms in total. The van der Waals surface area contributed by atoms with Crippen molar-refractivity contribution < 1.29 is 9.47 Å². The minimum absolute atomic E-state index is 0.601. The van der Waals surface area contributed by atoms with Gasteiger partial charge in [0.25, 0.3) is 0 Å². The van der Waals surface area contributed by atoms with E-state index in [4.69, 9.17) is 21.1 Å². The van der Waals surface area contributed by atoms with E-state index in [1.807, 2.05) is 12.1 Å². The van der Waals surface area contributed by atoms with Crippen molar-refractivity contribution in [3.63, 3.8) is 0 Å². The van der Waals surface area contributed by atoms with E-state index in [0.29, 0.717) is 10.8 Å². The molecule has 1 saturated carbocycles. The van der Waals surface area contributed by atoms with E-state index in [9.17, 15) is 0 Å². The molecule has 0 bridgehead atoms. The van der Waals surface area contributed by atoms with Crippen LogP contribution in [0.15, 0.2) is 12.1 Å². The van der Waals surface area contributed by atoms with Crippen LogP contribution >= 0.6 is 11.6 Å². The van der Waals surface area contributed by atoms with E-state index in [1.165, 1.54) is 19.3 Å². The molecule has 17 heavy (non-hydrogen) atoms. The molecule has 94 valence electrons. The molecule has 0 heterocycles. The average molecular weight is 256 g/mol. The number of nitrogens with one attached hydrogen (secondary N) is 1. The average Bonchev–Trinajstić information content (AvgIpc) is 2.27. The lowest BCUT2D eigenvalue weighted by Crippen LogP contribution is -2.21. The lowest BCUT2D eigenvalue weighted by atomic mass is 9.85. The van der Waals surface area contributed by atoms with E-state index >= 15 is 0 Å². The second kappa shape index (κ2) is 5.50. The van der Waals surface area contributed by atoms with Crippen molar-refractivity contribution >= 4 is 17.3 Å². The van der Waals surface area contributed by atoms with Crippen LogP contribution < -0.4 is 14.8 Å². The zero-order chi connectivity index (χ0) is 12.3. The van der Waals surface area contributed by atoms with Crippen molar-refractivity contribution in [3.8, 4) is 11.5 Å². The van der Waals surface area contributed by atoms with E-state index in [-0.39, 0.29) is 0 Å². The van der Waals surface area contributed by atoms with Crippen LogP contribution in [0.5, 0.6) is 11.5 Å². The summed E-state index contributed by atoms with van der Waals surface area (Å²) in [5.41, 5.74) is 0.935. The molecule has 0 radical (unpaired) electrons. The van der Waals surface area contributed by atoms with Crippen LogP contribution in [0, 0.1) is 5.92 Å². The number of methoxy groups -OCH3 is 2. The van der Waals surface area contributed by atoms with Gasteiger partial charge in [0.1, 0.15) is 11.5 Å². The summed E-state index contributed by atoms with van der Waals surface area (Å²) in [6, 6.07) is 3.67. The predicted molar refractivity (Wildman–Crippen MR) is 70.4 cm³/mol. The largest absolute Gasteiger partial charge is 0.495 e. The molecular formula is C13H18ClNO2. The van der Waals surface area contributed by atoms with Gasteiger partial charge < -0.3 is 14.8 Å².